The Kier molecular flexibility index (Phi) is 3.47. The summed E-state index contributed by atoms with van der Waals surface area (Å²) in [5, 5.41) is 9.06. The van der Waals surface area contributed by atoms with E-state index in [1.807, 2.05) is 0 Å². The molecule has 0 heterocycles. The molecule has 96 valence electrons. The maximum absolute atomic E-state index is 12.4. The zero-order valence-corrected chi connectivity index (χ0v) is 8.33. The summed E-state index contributed by atoms with van der Waals surface area (Å²) in [4.78, 5) is 0. The van der Waals surface area contributed by atoms with E-state index in [1.54, 1.807) is 0 Å². The van der Waals surface area contributed by atoms with Gasteiger partial charge in [0, 0.05) is 5.92 Å². The molecule has 0 aliphatic heterocycles. The molecule has 0 aromatic heterocycles. The van der Waals surface area contributed by atoms with Crippen molar-refractivity contribution in [2.45, 2.75) is 50.1 Å². The number of halogens is 6. The summed E-state index contributed by atoms with van der Waals surface area (Å²) in [6, 6.07) is 0. The van der Waals surface area contributed by atoms with Crippen molar-refractivity contribution in [2.75, 3.05) is 0 Å². The molecule has 1 fully saturated rings. The highest BCUT2D eigenvalue weighted by molar-refractivity contribution is 4.99. The summed E-state index contributed by atoms with van der Waals surface area (Å²) in [5.74, 6) is -1.78. The Morgan fingerprint density at radius 3 is 1.44 bits per heavy atom. The Bertz CT molecular complexity index is 223. The molecule has 0 amide bonds. The summed E-state index contributed by atoms with van der Waals surface area (Å²) in [7, 11) is 0. The molecule has 1 aliphatic rings. The highest BCUT2D eigenvalue weighted by atomic mass is 19.4. The van der Waals surface area contributed by atoms with Gasteiger partial charge in [0.05, 0.1) is 0 Å². The van der Waals surface area contributed by atoms with E-state index in [0.717, 1.165) is 0 Å². The van der Waals surface area contributed by atoms with Crippen LogP contribution in [0.2, 0.25) is 0 Å². The van der Waals surface area contributed by atoms with Crippen LogP contribution in [0.15, 0.2) is 0 Å². The zero-order valence-electron chi connectivity index (χ0n) is 8.33. The van der Waals surface area contributed by atoms with Crippen LogP contribution < -0.4 is 0 Å². The van der Waals surface area contributed by atoms with E-state index < -0.39 is 23.9 Å². The fourth-order valence-corrected chi connectivity index (χ4v) is 2.14. The highest BCUT2D eigenvalue weighted by Crippen LogP contribution is 2.51. The average Bonchev–Trinajstić information content (AvgIpc) is 2.14. The van der Waals surface area contributed by atoms with E-state index in [9.17, 15) is 26.3 Å². The summed E-state index contributed by atoms with van der Waals surface area (Å²) in [6.45, 7) is 0. The van der Waals surface area contributed by atoms with Gasteiger partial charge >= 0.3 is 12.4 Å². The minimum atomic E-state index is -5.67. The standard InChI is InChI=1S/C9H12F6O/c10-8(11,12)7(16,9(13,14)15)6-4-2-1-3-5-6/h6,16H,1-5H2. The predicted molar refractivity (Wildman–Crippen MR) is 43.6 cm³/mol. The van der Waals surface area contributed by atoms with Gasteiger partial charge in [-0.3, -0.25) is 0 Å². The van der Waals surface area contributed by atoms with Crippen molar-refractivity contribution in [2.24, 2.45) is 5.92 Å². The molecule has 1 saturated carbocycles. The van der Waals surface area contributed by atoms with Crippen molar-refractivity contribution < 1.29 is 31.4 Å². The largest absolute Gasteiger partial charge is 0.426 e. The minimum absolute atomic E-state index is 0.241. The van der Waals surface area contributed by atoms with Gasteiger partial charge in [-0.2, -0.15) is 26.3 Å². The van der Waals surface area contributed by atoms with Crippen LogP contribution in [0.25, 0.3) is 0 Å². The van der Waals surface area contributed by atoms with Crippen LogP contribution >= 0.6 is 0 Å². The smallest absolute Gasteiger partial charge is 0.373 e. The number of hydrogen-bond donors (Lipinski definition) is 1. The lowest BCUT2D eigenvalue weighted by Crippen LogP contribution is -2.61. The van der Waals surface area contributed by atoms with E-state index in [0.29, 0.717) is 19.3 Å². The molecule has 0 aromatic carbocycles. The van der Waals surface area contributed by atoms with Crippen LogP contribution in [0.3, 0.4) is 0 Å². The molecule has 16 heavy (non-hydrogen) atoms. The van der Waals surface area contributed by atoms with Crippen LogP contribution in [0.4, 0.5) is 26.3 Å². The van der Waals surface area contributed by atoms with Gasteiger partial charge in [-0.25, -0.2) is 0 Å². The van der Waals surface area contributed by atoms with Crippen molar-refractivity contribution in [3.8, 4) is 0 Å². The Balaban J connectivity index is 3.04. The second-order valence-corrected chi connectivity index (χ2v) is 4.10. The Labute approximate surface area is 88.4 Å². The number of aliphatic hydroxyl groups is 1. The fraction of sp³-hybridized carbons (Fsp3) is 1.00. The van der Waals surface area contributed by atoms with Crippen LogP contribution in [-0.4, -0.2) is 23.1 Å². The van der Waals surface area contributed by atoms with Gasteiger partial charge in [0.2, 0.25) is 0 Å². The molecule has 0 saturated heterocycles. The molecule has 0 spiro atoms. The lowest BCUT2D eigenvalue weighted by Gasteiger charge is -2.40. The molecule has 0 bridgehead atoms. The minimum Gasteiger partial charge on any atom is -0.373 e. The third-order valence-corrected chi connectivity index (χ3v) is 3.06. The van der Waals surface area contributed by atoms with Crippen LogP contribution in [0, 0.1) is 5.92 Å². The van der Waals surface area contributed by atoms with Gasteiger partial charge in [0.1, 0.15) is 0 Å². The predicted octanol–water partition coefficient (Wildman–Crippen LogP) is 3.42. The monoisotopic (exact) mass is 250 g/mol. The van der Waals surface area contributed by atoms with Crippen molar-refractivity contribution in [3.05, 3.63) is 0 Å². The van der Waals surface area contributed by atoms with Crippen molar-refractivity contribution in [1.29, 1.82) is 0 Å². The molecule has 1 rings (SSSR count). The molecule has 0 aromatic rings. The van der Waals surface area contributed by atoms with Gasteiger partial charge in [0.25, 0.3) is 5.60 Å². The first-order chi connectivity index (χ1) is 7.11. The van der Waals surface area contributed by atoms with Crippen LogP contribution in [0.1, 0.15) is 32.1 Å². The number of rotatable bonds is 1. The first kappa shape index (κ1) is 13.6. The lowest BCUT2D eigenvalue weighted by atomic mass is 9.76. The maximum Gasteiger partial charge on any atom is 0.426 e. The normalized spacial score (nSPS) is 21.2. The molecule has 0 radical (unpaired) electrons. The summed E-state index contributed by atoms with van der Waals surface area (Å²) >= 11 is 0. The molecule has 1 nitrogen and oxygen atoms in total. The first-order valence-electron chi connectivity index (χ1n) is 4.96. The van der Waals surface area contributed by atoms with E-state index in [-0.39, 0.29) is 12.8 Å². The Morgan fingerprint density at radius 2 is 1.12 bits per heavy atom. The van der Waals surface area contributed by atoms with Crippen molar-refractivity contribution in [3.63, 3.8) is 0 Å². The lowest BCUT2D eigenvalue weighted by molar-refractivity contribution is -0.387. The van der Waals surface area contributed by atoms with Gasteiger partial charge in [-0.1, -0.05) is 19.3 Å². The second kappa shape index (κ2) is 4.09. The van der Waals surface area contributed by atoms with Gasteiger partial charge in [-0.15, -0.1) is 0 Å². The molecule has 1 N–H and O–H groups in total. The second-order valence-electron chi connectivity index (χ2n) is 4.10. The zero-order chi connectivity index (χ0) is 12.6. The van der Waals surface area contributed by atoms with Crippen LogP contribution in [0.5, 0.6) is 0 Å². The maximum atomic E-state index is 12.4. The highest BCUT2D eigenvalue weighted by Gasteiger charge is 2.73. The summed E-state index contributed by atoms with van der Waals surface area (Å²) < 4.78 is 74.5. The van der Waals surface area contributed by atoms with E-state index in [4.69, 9.17) is 5.11 Å². The van der Waals surface area contributed by atoms with Gasteiger partial charge < -0.3 is 5.11 Å². The quantitative estimate of drug-likeness (QED) is 0.707. The van der Waals surface area contributed by atoms with Gasteiger partial charge in [0.15, 0.2) is 0 Å². The summed E-state index contributed by atoms with van der Waals surface area (Å²) in [6.07, 6.45) is -10.6. The number of hydrogen-bond acceptors (Lipinski definition) is 1. The summed E-state index contributed by atoms with van der Waals surface area (Å²) in [5.41, 5.74) is -4.56. The average molecular weight is 250 g/mol. The van der Waals surface area contributed by atoms with Crippen LogP contribution in [-0.2, 0) is 0 Å². The first-order valence-corrected chi connectivity index (χ1v) is 4.96. The molecule has 1 aliphatic carbocycles. The Hall–Kier alpha value is -0.460. The molecule has 0 unspecified atom stereocenters. The topological polar surface area (TPSA) is 20.2 Å². The third-order valence-electron chi connectivity index (χ3n) is 3.06. The van der Waals surface area contributed by atoms with Gasteiger partial charge in [-0.05, 0) is 12.8 Å². The third kappa shape index (κ3) is 2.14. The Morgan fingerprint density at radius 1 is 0.750 bits per heavy atom. The molecule has 7 heteroatoms. The SMILES string of the molecule is OC(C1CCCCC1)(C(F)(F)F)C(F)(F)F. The number of alkyl halides is 6. The van der Waals surface area contributed by atoms with E-state index in [1.165, 1.54) is 0 Å². The van der Waals surface area contributed by atoms with E-state index >= 15 is 0 Å². The van der Waals surface area contributed by atoms with Crippen molar-refractivity contribution >= 4 is 0 Å². The fourth-order valence-electron chi connectivity index (χ4n) is 2.14. The molecular weight excluding hydrogens is 238 g/mol. The molecular formula is C9H12F6O. The van der Waals surface area contributed by atoms with E-state index in [2.05, 4.69) is 0 Å². The van der Waals surface area contributed by atoms with Crippen molar-refractivity contribution in [1.82, 2.24) is 0 Å². The molecule has 0 atom stereocenters.